The Kier molecular flexibility index (Phi) is 3.26. The van der Waals surface area contributed by atoms with Crippen LogP contribution in [-0.4, -0.2) is 9.97 Å². The van der Waals surface area contributed by atoms with Crippen molar-refractivity contribution in [2.45, 2.75) is 0 Å². The molecule has 0 atom stereocenters. The van der Waals surface area contributed by atoms with Gasteiger partial charge in [-0.05, 0) is 34.1 Å². The van der Waals surface area contributed by atoms with E-state index in [9.17, 15) is 0 Å². The summed E-state index contributed by atoms with van der Waals surface area (Å²) in [6, 6.07) is 7.18. The van der Waals surface area contributed by atoms with Crippen molar-refractivity contribution in [3.8, 4) is 0 Å². The predicted octanol–water partition coefficient (Wildman–Crippen LogP) is 3.22. The third-order valence-corrected chi connectivity index (χ3v) is 3.11. The molecule has 1 aromatic carbocycles. The minimum Gasteiger partial charge on any atom is -0.384 e. The Morgan fingerprint density at radius 2 is 2.06 bits per heavy atom. The van der Waals surface area contributed by atoms with Crippen LogP contribution < -0.4 is 11.1 Å². The zero-order valence-electron chi connectivity index (χ0n) is 8.11. The van der Waals surface area contributed by atoms with Gasteiger partial charge >= 0.3 is 0 Å². The Morgan fingerprint density at radius 1 is 1.25 bits per heavy atom. The van der Waals surface area contributed by atoms with Crippen LogP contribution in [0.3, 0.4) is 0 Å². The van der Waals surface area contributed by atoms with E-state index in [1.807, 2.05) is 12.1 Å². The zero-order chi connectivity index (χ0) is 11.5. The third kappa shape index (κ3) is 2.62. The van der Waals surface area contributed by atoms with Crippen molar-refractivity contribution in [3.63, 3.8) is 0 Å². The number of hydrogen-bond donors (Lipinski definition) is 2. The molecule has 0 unspecified atom stereocenters. The van der Waals surface area contributed by atoms with Crippen LogP contribution >= 0.6 is 27.5 Å². The van der Waals surface area contributed by atoms with Crippen molar-refractivity contribution in [1.29, 1.82) is 0 Å². The maximum atomic E-state index is 5.97. The minimum atomic E-state index is 0.417. The van der Waals surface area contributed by atoms with Crippen molar-refractivity contribution >= 4 is 44.9 Å². The minimum absolute atomic E-state index is 0.417. The first-order valence-corrected chi connectivity index (χ1v) is 5.62. The molecule has 6 heteroatoms. The molecule has 1 heterocycles. The topological polar surface area (TPSA) is 63.8 Å². The molecule has 2 rings (SSSR count). The van der Waals surface area contributed by atoms with E-state index in [2.05, 4.69) is 31.2 Å². The van der Waals surface area contributed by atoms with Crippen molar-refractivity contribution < 1.29 is 0 Å². The first-order valence-electron chi connectivity index (χ1n) is 4.45. The van der Waals surface area contributed by atoms with Gasteiger partial charge < -0.3 is 11.1 Å². The van der Waals surface area contributed by atoms with Gasteiger partial charge in [0.1, 0.15) is 18.0 Å². The molecule has 0 radical (unpaired) electrons. The van der Waals surface area contributed by atoms with E-state index in [0.29, 0.717) is 16.7 Å². The van der Waals surface area contributed by atoms with Gasteiger partial charge in [-0.1, -0.05) is 11.6 Å². The molecular weight excluding hydrogens is 291 g/mol. The molecule has 0 aliphatic carbocycles. The van der Waals surface area contributed by atoms with Gasteiger partial charge in [0.05, 0.1) is 5.02 Å². The van der Waals surface area contributed by atoms with Crippen molar-refractivity contribution in [1.82, 2.24) is 9.97 Å². The Bertz CT molecular complexity index is 518. The molecular formula is C10H8BrClN4. The number of hydrogen-bond acceptors (Lipinski definition) is 4. The Hall–Kier alpha value is -1.33. The number of aromatic nitrogens is 2. The SMILES string of the molecule is Nc1cc(Nc2ccc(Br)c(Cl)c2)ncn1. The molecule has 1 aromatic heterocycles. The fraction of sp³-hybridized carbons (Fsp3) is 0. The summed E-state index contributed by atoms with van der Waals surface area (Å²) in [4.78, 5) is 7.84. The highest BCUT2D eigenvalue weighted by Gasteiger charge is 2.00. The number of halogens is 2. The van der Waals surface area contributed by atoms with Gasteiger partial charge in [-0.25, -0.2) is 9.97 Å². The molecule has 2 aromatic rings. The number of nitrogens with one attached hydrogen (secondary N) is 1. The lowest BCUT2D eigenvalue weighted by Gasteiger charge is -2.06. The molecule has 0 bridgehead atoms. The molecule has 3 N–H and O–H groups in total. The van der Waals surface area contributed by atoms with Crippen LogP contribution in [0.2, 0.25) is 5.02 Å². The Balaban J connectivity index is 2.24. The van der Waals surface area contributed by atoms with E-state index in [0.717, 1.165) is 10.2 Å². The molecule has 0 saturated heterocycles. The Morgan fingerprint density at radius 3 is 2.75 bits per heavy atom. The van der Waals surface area contributed by atoms with E-state index in [-0.39, 0.29) is 0 Å². The summed E-state index contributed by atoms with van der Waals surface area (Å²) in [5, 5.41) is 3.71. The second-order valence-corrected chi connectivity index (χ2v) is 4.34. The first-order chi connectivity index (χ1) is 7.65. The van der Waals surface area contributed by atoms with Gasteiger partial charge in [0.15, 0.2) is 0 Å². The second-order valence-electron chi connectivity index (χ2n) is 3.08. The monoisotopic (exact) mass is 298 g/mol. The summed E-state index contributed by atoms with van der Waals surface area (Å²) in [5.74, 6) is 1.05. The number of benzene rings is 1. The Labute approximate surface area is 106 Å². The van der Waals surface area contributed by atoms with Crippen LogP contribution in [0.15, 0.2) is 35.1 Å². The summed E-state index contributed by atoms with van der Waals surface area (Å²) in [5.41, 5.74) is 6.38. The third-order valence-electron chi connectivity index (χ3n) is 1.88. The molecule has 4 nitrogen and oxygen atoms in total. The van der Waals surface area contributed by atoms with Gasteiger partial charge in [-0.3, -0.25) is 0 Å². The van der Waals surface area contributed by atoms with Crippen molar-refractivity contribution in [3.05, 3.63) is 40.1 Å². The smallest absolute Gasteiger partial charge is 0.135 e. The van der Waals surface area contributed by atoms with Gasteiger partial charge in [0, 0.05) is 16.2 Å². The van der Waals surface area contributed by atoms with Crippen LogP contribution in [0.4, 0.5) is 17.3 Å². The largest absolute Gasteiger partial charge is 0.384 e. The first kappa shape index (κ1) is 11.2. The number of nitrogens with two attached hydrogens (primary N) is 1. The lowest BCUT2D eigenvalue weighted by molar-refractivity contribution is 1.18. The highest BCUT2D eigenvalue weighted by molar-refractivity contribution is 9.10. The summed E-state index contributed by atoms with van der Waals surface area (Å²) in [6.45, 7) is 0. The molecule has 82 valence electrons. The average Bonchev–Trinajstić information content (AvgIpc) is 2.24. The number of anilines is 3. The quantitative estimate of drug-likeness (QED) is 0.893. The summed E-state index contributed by atoms with van der Waals surface area (Å²) in [7, 11) is 0. The highest BCUT2D eigenvalue weighted by atomic mass is 79.9. The normalized spacial score (nSPS) is 10.1. The van der Waals surface area contributed by atoms with Crippen molar-refractivity contribution in [2.75, 3.05) is 11.1 Å². The lowest BCUT2D eigenvalue weighted by atomic mass is 10.3. The van der Waals surface area contributed by atoms with Crippen molar-refractivity contribution in [2.24, 2.45) is 0 Å². The summed E-state index contributed by atoms with van der Waals surface area (Å²) >= 11 is 9.29. The van der Waals surface area contributed by atoms with E-state index in [1.165, 1.54) is 6.33 Å². The maximum Gasteiger partial charge on any atom is 0.135 e. The van der Waals surface area contributed by atoms with Crippen LogP contribution in [0, 0.1) is 0 Å². The lowest BCUT2D eigenvalue weighted by Crippen LogP contribution is -1.97. The average molecular weight is 300 g/mol. The van der Waals surface area contributed by atoms with E-state index < -0.39 is 0 Å². The van der Waals surface area contributed by atoms with Gasteiger partial charge in [-0.15, -0.1) is 0 Å². The number of rotatable bonds is 2. The molecule has 0 aliphatic heterocycles. The van der Waals surface area contributed by atoms with E-state index in [4.69, 9.17) is 17.3 Å². The zero-order valence-corrected chi connectivity index (χ0v) is 10.5. The van der Waals surface area contributed by atoms with Gasteiger partial charge in [-0.2, -0.15) is 0 Å². The maximum absolute atomic E-state index is 5.97. The molecule has 0 saturated carbocycles. The second kappa shape index (κ2) is 4.67. The van der Waals surface area contributed by atoms with Crippen LogP contribution in [0.1, 0.15) is 0 Å². The molecule has 0 fully saturated rings. The summed E-state index contributed by atoms with van der Waals surface area (Å²) < 4.78 is 0.849. The van der Waals surface area contributed by atoms with Crippen LogP contribution in [-0.2, 0) is 0 Å². The number of nitrogens with zero attached hydrogens (tertiary/aromatic N) is 2. The highest BCUT2D eigenvalue weighted by Crippen LogP contribution is 2.26. The standard InChI is InChI=1S/C10H8BrClN4/c11-7-2-1-6(3-8(7)12)16-10-4-9(13)14-5-15-10/h1-5H,(H3,13,14,15,16). The molecule has 16 heavy (non-hydrogen) atoms. The summed E-state index contributed by atoms with van der Waals surface area (Å²) in [6.07, 6.45) is 1.40. The van der Waals surface area contributed by atoms with Crippen LogP contribution in [0.25, 0.3) is 0 Å². The number of nitrogen functional groups attached to an aromatic ring is 1. The van der Waals surface area contributed by atoms with Gasteiger partial charge in [0.2, 0.25) is 0 Å². The molecule has 0 spiro atoms. The molecule has 0 aliphatic rings. The van der Waals surface area contributed by atoms with Crippen LogP contribution in [0.5, 0.6) is 0 Å². The fourth-order valence-corrected chi connectivity index (χ4v) is 1.59. The molecule has 0 amide bonds. The fourth-order valence-electron chi connectivity index (χ4n) is 1.16. The van der Waals surface area contributed by atoms with E-state index in [1.54, 1.807) is 12.1 Å². The van der Waals surface area contributed by atoms with Gasteiger partial charge in [0.25, 0.3) is 0 Å². The van der Waals surface area contributed by atoms with E-state index >= 15 is 0 Å². The predicted molar refractivity (Wildman–Crippen MR) is 68.9 cm³/mol.